The zero-order chi connectivity index (χ0) is 15.0. The Morgan fingerprint density at radius 3 is 2.71 bits per heavy atom. The van der Waals surface area contributed by atoms with Crippen molar-refractivity contribution in [1.82, 2.24) is 0 Å². The van der Waals surface area contributed by atoms with E-state index in [4.69, 9.17) is 14.9 Å². The molecule has 0 aliphatic rings. The van der Waals surface area contributed by atoms with Gasteiger partial charge in [0.1, 0.15) is 22.9 Å². The van der Waals surface area contributed by atoms with E-state index in [1.807, 2.05) is 25.1 Å². The van der Waals surface area contributed by atoms with Gasteiger partial charge in [-0.3, -0.25) is 0 Å². The minimum Gasteiger partial charge on any atom is -0.496 e. The van der Waals surface area contributed by atoms with Gasteiger partial charge in [0.25, 0.3) is 0 Å². The maximum absolute atomic E-state index is 13.2. The molecule has 3 rings (SSSR count). The number of ether oxygens (including phenoxy) is 1. The average molecular weight is 285 g/mol. The number of aryl methyl sites for hydroxylation is 1. The highest BCUT2D eigenvalue weighted by Crippen LogP contribution is 2.32. The third-order valence-corrected chi connectivity index (χ3v) is 3.52. The molecule has 21 heavy (non-hydrogen) atoms. The predicted molar refractivity (Wildman–Crippen MR) is 79.9 cm³/mol. The van der Waals surface area contributed by atoms with Crippen LogP contribution in [0.4, 0.5) is 4.39 Å². The number of methoxy groups -OCH3 is 1. The Bertz CT molecular complexity index is 795. The SMILES string of the molecule is COc1ccc(C)cc1C(N)c1cc2cc(F)ccc2o1. The summed E-state index contributed by atoms with van der Waals surface area (Å²) in [5.41, 5.74) is 8.85. The molecule has 1 unspecified atom stereocenters. The first kappa shape index (κ1) is 13.6. The summed E-state index contributed by atoms with van der Waals surface area (Å²) in [4.78, 5) is 0. The number of furan rings is 1. The van der Waals surface area contributed by atoms with Gasteiger partial charge < -0.3 is 14.9 Å². The number of halogens is 1. The van der Waals surface area contributed by atoms with Crippen molar-refractivity contribution < 1.29 is 13.5 Å². The second-order valence-corrected chi connectivity index (χ2v) is 5.05. The van der Waals surface area contributed by atoms with Gasteiger partial charge in [-0.25, -0.2) is 4.39 Å². The lowest BCUT2D eigenvalue weighted by molar-refractivity contribution is 0.404. The summed E-state index contributed by atoms with van der Waals surface area (Å²) in [5.74, 6) is 0.996. The van der Waals surface area contributed by atoms with E-state index in [0.29, 0.717) is 22.5 Å². The molecule has 0 radical (unpaired) electrons. The van der Waals surface area contributed by atoms with E-state index < -0.39 is 6.04 Å². The molecule has 0 bridgehead atoms. The van der Waals surface area contributed by atoms with Crippen molar-refractivity contribution in [2.24, 2.45) is 5.73 Å². The highest BCUT2D eigenvalue weighted by atomic mass is 19.1. The molecule has 0 spiro atoms. The van der Waals surface area contributed by atoms with Crippen LogP contribution in [0.1, 0.15) is 22.9 Å². The molecule has 1 heterocycles. The number of hydrogen-bond acceptors (Lipinski definition) is 3. The van der Waals surface area contributed by atoms with Crippen LogP contribution in [0.3, 0.4) is 0 Å². The Hall–Kier alpha value is -2.33. The Morgan fingerprint density at radius 2 is 1.95 bits per heavy atom. The molecule has 4 heteroatoms. The van der Waals surface area contributed by atoms with Gasteiger partial charge in [-0.1, -0.05) is 17.7 Å². The summed E-state index contributed by atoms with van der Waals surface area (Å²) in [6, 6.07) is 11.5. The van der Waals surface area contributed by atoms with Crippen LogP contribution in [0.5, 0.6) is 5.75 Å². The largest absolute Gasteiger partial charge is 0.496 e. The first-order valence-electron chi connectivity index (χ1n) is 6.67. The van der Waals surface area contributed by atoms with Crippen molar-refractivity contribution in [3.63, 3.8) is 0 Å². The van der Waals surface area contributed by atoms with Crippen LogP contribution in [0.15, 0.2) is 46.9 Å². The van der Waals surface area contributed by atoms with Gasteiger partial charge in [0.05, 0.1) is 13.2 Å². The first-order chi connectivity index (χ1) is 10.1. The summed E-state index contributed by atoms with van der Waals surface area (Å²) in [7, 11) is 1.61. The fourth-order valence-electron chi connectivity index (χ4n) is 2.44. The molecule has 3 aromatic rings. The van der Waals surface area contributed by atoms with E-state index in [1.54, 1.807) is 19.2 Å². The van der Waals surface area contributed by atoms with Gasteiger partial charge in [0, 0.05) is 10.9 Å². The highest BCUT2D eigenvalue weighted by molar-refractivity contribution is 5.78. The van der Waals surface area contributed by atoms with Crippen molar-refractivity contribution in [3.05, 3.63) is 65.2 Å². The lowest BCUT2D eigenvalue weighted by atomic mass is 10.0. The van der Waals surface area contributed by atoms with Crippen LogP contribution in [0.25, 0.3) is 11.0 Å². The number of nitrogens with two attached hydrogens (primary N) is 1. The van der Waals surface area contributed by atoms with Crippen LogP contribution in [-0.4, -0.2) is 7.11 Å². The van der Waals surface area contributed by atoms with Crippen molar-refractivity contribution in [3.8, 4) is 5.75 Å². The van der Waals surface area contributed by atoms with Crippen LogP contribution in [-0.2, 0) is 0 Å². The monoisotopic (exact) mass is 285 g/mol. The van der Waals surface area contributed by atoms with Crippen LogP contribution < -0.4 is 10.5 Å². The van der Waals surface area contributed by atoms with E-state index >= 15 is 0 Å². The smallest absolute Gasteiger partial charge is 0.134 e. The number of fused-ring (bicyclic) bond motifs is 1. The molecule has 0 aliphatic carbocycles. The van der Waals surface area contributed by atoms with Crippen molar-refractivity contribution in [2.45, 2.75) is 13.0 Å². The van der Waals surface area contributed by atoms with Gasteiger partial charge in [0.15, 0.2) is 0 Å². The number of hydrogen-bond donors (Lipinski definition) is 1. The Labute approximate surface area is 122 Å². The van der Waals surface area contributed by atoms with Gasteiger partial charge in [-0.05, 0) is 37.3 Å². The lowest BCUT2D eigenvalue weighted by Gasteiger charge is -2.14. The maximum Gasteiger partial charge on any atom is 0.134 e. The van der Waals surface area contributed by atoms with Crippen LogP contribution >= 0.6 is 0 Å². The normalized spacial score (nSPS) is 12.6. The summed E-state index contributed by atoms with van der Waals surface area (Å²) in [6.07, 6.45) is 0. The molecule has 2 N–H and O–H groups in total. The van der Waals surface area contributed by atoms with E-state index in [1.165, 1.54) is 12.1 Å². The molecule has 1 atom stereocenters. The minimum absolute atomic E-state index is 0.295. The van der Waals surface area contributed by atoms with E-state index in [0.717, 1.165) is 11.1 Å². The van der Waals surface area contributed by atoms with Crippen molar-refractivity contribution >= 4 is 11.0 Å². The van der Waals surface area contributed by atoms with Gasteiger partial charge in [-0.15, -0.1) is 0 Å². The van der Waals surface area contributed by atoms with E-state index in [-0.39, 0.29) is 5.82 Å². The summed E-state index contributed by atoms with van der Waals surface area (Å²) in [6.45, 7) is 1.99. The van der Waals surface area contributed by atoms with Crippen molar-refractivity contribution in [1.29, 1.82) is 0 Å². The molecule has 2 aromatic carbocycles. The highest BCUT2D eigenvalue weighted by Gasteiger charge is 2.18. The standard InChI is InChI=1S/C17H16FNO2/c1-10-3-5-15(20-2)13(7-10)17(19)16-9-11-8-12(18)4-6-14(11)21-16/h3-9,17H,19H2,1-2H3. The van der Waals surface area contributed by atoms with E-state index in [2.05, 4.69) is 0 Å². The molecular weight excluding hydrogens is 269 g/mol. The fourth-order valence-corrected chi connectivity index (χ4v) is 2.44. The quantitative estimate of drug-likeness (QED) is 0.793. The zero-order valence-electron chi connectivity index (χ0n) is 11.9. The molecule has 0 amide bonds. The average Bonchev–Trinajstić information content (AvgIpc) is 2.89. The molecule has 0 aliphatic heterocycles. The molecule has 3 nitrogen and oxygen atoms in total. The topological polar surface area (TPSA) is 48.4 Å². The minimum atomic E-state index is -0.463. The predicted octanol–water partition coefficient (Wildman–Crippen LogP) is 3.94. The third kappa shape index (κ3) is 2.50. The summed E-state index contributed by atoms with van der Waals surface area (Å²) >= 11 is 0. The second kappa shape index (κ2) is 5.22. The van der Waals surface area contributed by atoms with Gasteiger partial charge >= 0.3 is 0 Å². The molecule has 0 saturated carbocycles. The first-order valence-corrected chi connectivity index (χ1v) is 6.67. The molecule has 108 valence electrons. The van der Waals surface area contributed by atoms with Gasteiger partial charge in [0.2, 0.25) is 0 Å². The number of rotatable bonds is 3. The second-order valence-electron chi connectivity index (χ2n) is 5.05. The summed E-state index contributed by atoms with van der Waals surface area (Å²) in [5, 5.41) is 0.701. The zero-order valence-corrected chi connectivity index (χ0v) is 11.9. The fraction of sp³-hybridized carbons (Fsp3) is 0.176. The lowest BCUT2D eigenvalue weighted by Crippen LogP contribution is -2.12. The molecule has 0 fully saturated rings. The summed E-state index contributed by atoms with van der Waals surface area (Å²) < 4.78 is 24.3. The maximum atomic E-state index is 13.2. The van der Waals surface area contributed by atoms with Crippen LogP contribution in [0.2, 0.25) is 0 Å². The Morgan fingerprint density at radius 1 is 1.14 bits per heavy atom. The third-order valence-electron chi connectivity index (χ3n) is 3.52. The van der Waals surface area contributed by atoms with Gasteiger partial charge in [-0.2, -0.15) is 0 Å². The van der Waals surface area contributed by atoms with Crippen molar-refractivity contribution in [2.75, 3.05) is 7.11 Å². The molecule has 0 saturated heterocycles. The Balaban J connectivity index is 2.07. The van der Waals surface area contributed by atoms with E-state index in [9.17, 15) is 4.39 Å². The molecular formula is C17H16FNO2. The molecule has 1 aromatic heterocycles. The Kier molecular flexibility index (Phi) is 3.39. The van der Waals surface area contributed by atoms with Crippen LogP contribution in [0, 0.1) is 12.7 Å². The number of benzene rings is 2.